The summed E-state index contributed by atoms with van der Waals surface area (Å²) in [5, 5.41) is 13.2. The van der Waals surface area contributed by atoms with Gasteiger partial charge in [0.05, 0.1) is 13.7 Å². The van der Waals surface area contributed by atoms with Crippen molar-refractivity contribution < 1.29 is 14.3 Å². The maximum absolute atomic E-state index is 8.79. The van der Waals surface area contributed by atoms with Crippen molar-refractivity contribution in [1.29, 1.82) is 0 Å². The van der Waals surface area contributed by atoms with E-state index in [1.165, 1.54) is 0 Å². The summed E-state index contributed by atoms with van der Waals surface area (Å²) in [5.41, 5.74) is 0.796. The van der Waals surface area contributed by atoms with Gasteiger partial charge in [0.2, 0.25) is 0 Å². The molecule has 1 aromatic carbocycles. The van der Waals surface area contributed by atoms with Crippen LogP contribution in [0.3, 0.4) is 0 Å². The van der Waals surface area contributed by atoms with Crippen LogP contribution in [0.15, 0.2) is 28.7 Å². The van der Waals surface area contributed by atoms with Gasteiger partial charge in [-0.05, 0) is 31.9 Å². The third kappa shape index (κ3) is 3.49. The normalized spacial score (nSPS) is 12.8. The summed E-state index contributed by atoms with van der Waals surface area (Å²) < 4.78 is 11.1. The molecule has 0 bridgehead atoms. The van der Waals surface area contributed by atoms with Crippen molar-refractivity contribution in [3.63, 3.8) is 0 Å². The van der Waals surface area contributed by atoms with Gasteiger partial charge in [0.15, 0.2) is 11.3 Å². The number of hydrogen-bond acceptors (Lipinski definition) is 4. The van der Waals surface area contributed by atoms with E-state index in [-0.39, 0.29) is 6.61 Å². The van der Waals surface area contributed by atoms with Crippen LogP contribution >= 0.6 is 0 Å². The molecule has 0 saturated carbocycles. The number of ether oxygens (including phenoxy) is 1. The molecule has 1 unspecified atom stereocenters. The van der Waals surface area contributed by atoms with Crippen molar-refractivity contribution in [2.24, 2.45) is 0 Å². The summed E-state index contributed by atoms with van der Waals surface area (Å²) in [4.78, 5) is 0. The Hall–Kier alpha value is -1.52. The van der Waals surface area contributed by atoms with Crippen LogP contribution in [0.25, 0.3) is 11.0 Å². The number of benzene rings is 1. The van der Waals surface area contributed by atoms with Gasteiger partial charge in [-0.2, -0.15) is 0 Å². The first kappa shape index (κ1) is 13.9. The molecule has 0 saturated heterocycles. The lowest BCUT2D eigenvalue weighted by Gasteiger charge is -2.11. The summed E-state index contributed by atoms with van der Waals surface area (Å²) in [7, 11) is 1.65. The SMILES string of the molecule is COc1cccc2cc(CNC(C)CCCO)oc12. The lowest BCUT2D eigenvalue weighted by molar-refractivity contribution is 0.276. The fourth-order valence-corrected chi connectivity index (χ4v) is 2.11. The monoisotopic (exact) mass is 263 g/mol. The van der Waals surface area contributed by atoms with Gasteiger partial charge in [0, 0.05) is 18.0 Å². The Balaban J connectivity index is 2.01. The highest BCUT2D eigenvalue weighted by molar-refractivity contribution is 5.83. The molecule has 0 aliphatic rings. The highest BCUT2D eigenvalue weighted by Gasteiger charge is 2.09. The van der Waals surface area contributed by atoms with Crippen molar-refractivity contribution in [2.75, 3.05) is 13.7 Å². The number of rotatable bonds is 7. The molecule has 0 spiro atoms. The lowest BCUT2D eigenvalue weighted by Crippen LogP contribution is -2.25. The van der Waals surface area contributed by atoms with Crippen LogP contribution in [0, 0.1) is 0 Å². The number of aliphatic hydroxyl groups excluding tert-OH is 1. The number of methoxy groups -OCH3 is 1. The second kappa shape index (κ2) is 6.59. The molecule has 1 heterocycles. The Morgan fingerprint density at radius 2 is 2.26 bits per heavy atom. The van der Waals surface area contributed by atoms with Gasteiger partial charge in [-0.15, -0.1) is 0 Å². The van der Waals surface area contributed by atoms with E-state index in [9.17, 15) is 0 Å². The zero-order valence-electron chi connectivity index (χ0n) is 11.5. The molecule has 2 aromatic rings. The Morgan fingerprint density at radius 1 is 1.42 bits per heavy atom. The molecule has 1 aromatic heterocycles. The first-order chi connectivity index (χ1) is 9.24. The first-order valence-corrected chi connectivity index (χ1v) is 6.64. The van der Waals surface area contributed by atoms with E-state index in [1.807, 2.05) is 24.3 Å². The molecule has 19 heavy (non-hydrogen) atoms. The average molecular weight is 263 g/mol. The average Bonchev–Trinajstić information content (AvgIpc) is 2.85. The van der Waals surface area contributed by atoms with E-state index in [4.69, 9.17) is 14.3 Å². The number of hydrogen-bond donors (Lipinski definition) is 2. The molecular weight excluding hydrogens is 242 g/mol. The largest absolute Gasteiger partial charge is 0.493 e. The van der Waals surface area contributed by atoms with Crippen molar-refractivity contribution in [3.8, 4) is 5.75 Å². The summed E-state index contributed by atoms with van der Waals surface area (Å²) in [6.07, 6.45) is 1.78. The van der Waals surface area contributed by atoms with Gasteiger partial charge in [0.1, 0.15) is 5.76 Å². The lowest BCUT2D eigenvalue weighted by atomic mass is 10.2. The van der Waals surface area contributed by atoms with Gasteiger partial charge in [0.25, 0.3) is 0 Å². The van der Waals surface area contributed by atoms with Crippen LogP contribution in [0.4, 0.5) is 0 Å². The third-order valence-corrected chi connectivity index (χ3v) is 3.20. The second-order valence-electron chi connectivity index (χ2n) is 4.74. The smallest absolute Gasteiger partial charge is 0.176 e. The number of fused-ring (bicyclic) bond motifs is 1. The molecule has 4 heteroatoms. The molecule has 0 fully saturated rings. The van der Waals surface area contributed by atoms with Gasteiger partial charge >= 0.3 is 0 Å². The standard InChI is InChI=1S/C15H21NO3/c1-11(5-4-8-17)16-10-13-9-12-6-3-7-14(18-2)15(12)19-13/h3,6-7,9,11,16-17H,4-5,8,10H2,1-2H3. The van der Waals surface area contributed by atoms with E-state index in [0.29, 0.717) is 12.6 Å². The molecule has 2 rings (SSSR count). The zero-order valence-corrected chi connectivity index (χ0v) is 11.5. The number of aliphatic hydroxyl groups is 1. The highest BCUT2D eigenvalue weighted by atomic mass is 16.5. The third-order valence-electron chi connectivity index (χ3n) is 3.20. The van der Waals surface area contributed by atoms with E-state index in [2.05, 4.69) is 12.2 Å². The minimum Gasteiger partial charge on any atom is -0.493 e. The predicted molar refractivity (Wildman–Crippen MR) is 75.4 cm³/mol. The molecule has 0 aliphatic heterocycles. The highest BCUT2D eigenvalue weighted by Crippen LogP contribution is 2.28. The fraction of sp³-hybridized carbons (Fsp3) is 0.467. The molecule has 4 nitrogen and oxygen atoms in total. The maximum Gasteiger partial charge on any atom is 0.176 e. The minimum atomic E-state index is 0.244. The van der Waals surface area contributed by atoms with Gasteiger partial charge in [-0.3, -0.25) is 0 Å². The molecule has 104 valence electrons. The minimum absolute atomic E-state index is 0.244. The molecule has 2 N–H and O–H groups in total. The quantitative estimate of drug-likeness (QED) is 0.806. The van der Waals surface area contributed by atoms with Crippen molar-refractivity contribution >= 4 is 11.0 Å². The Bertz CT molecular complexity index is 521. The molecule has 1 atom stereocenters. The van der Waals surface area contributed by atoms with E-state index in [1.54, 1.807) is 7.11 Å². The van der Waals surface area contributed by atoms with Crippen LogP contribution in [0.1, 0.15) is 25.5 Å². The van der Waals surface area contributed by atoms with Crippen molar-refractivity contribution in [3.05, 3.63) is 30.0 Å². The van der Waals surface area contributed by atoms with E-state index >= 15 is 0 Å². The van der Waals surface area contributed by atoms with Gasteiger partial charge < -0.3 is 19.6 Å². The first-order valence-electron chi connectivity index (χ1n) is 6.64. The Morgan fingerprint density at radius 3 is 3.00 bits per heavy atom. The van der Waals surface area contributed by atoms with Crippen LogP contribution < -0.4 is 10.1 Å². The molecule has 0 aliphatic carbocycles. The Kier molecular flexibility index (Phi) is 4.82. The second-order valence-corrected chi connectivity index (χ2v) is 4.74. The van der Waals surface area contributed by atoms with Crippen LogP contribution in [-0.4, -0.2) is 24.9 Å². The number of furan rings is 1. The van der Waals surface area contributed by atoms with Crippen LogP contribution in [0.2, 0.25) is 0 Å². The van der Waals surface area contributed by atoms with Gasteiger partial charge in [-0.25, -0.2) is 0 Å². The van der Waals surface area contributed by atoms with Crippen LogP contribution in [0.5, 0.6) is 5.75 Å². The van der Waals surface area contributed by atoms with E-state index < -0.39 is 0 Å². The fourth-order valence-electron chi connectivity index (χ4n) is 2.11. The summed E-state index contributed by atoms with van der Waals surface area (Å²) in [6, 6.07) is 8.26. The predicted octanol–water partition coefficient (Wildman–Crippen LogP) is 2.69. The maximum atomic E-state index is 8.79. The Labute approximate surface area is 113 Å². The topological polar surface area (TPSA) is 54.6 Å². The molecule has 0 amide bonds. The van der Waals surface area contributed by atoms with Crippen LogP contribution in [-0.2, 0) is 6.54 Å². The zero-order chi connectivity index (χ0) is 13.7. The molecular formula is C15H21NO3. The summed E-state index contributed by atoms with van der Waals surface area (Å²) >= 11 is 0. The van der Waals surface area contributed by atoms with E-state index in [0.717, 1.165) is 35.3 Å². The van der Waals surface area contributed by atoms with Gasteiger partial charge in [-0.1, -0.05) is 12.1 Å². The number of para-hydroxylation sites is 1. The summed E-state index contributed by atoms with van der Waals surface area (Å²) in [6.45, 7) is 3.04. The summed E-state index contributed by atoms with van der Waals surface area (Å²) in [5.74, 6) is 1.66. The van der Waals surface area contributed by atoms with Crippen molar-refractivity contribution in [2.45, 2.75) is 32.4 Å². The van der Waals surface area contributed by atoms with Crippen molar-refractivity contribution in [1.82, 2.24) is 5.32 Å². The molecule has 0 radical (unpaired) electrons. The number of nitrogens with one attached hydrogen (secondary N) is 1.